The molecule has 1 unspecified atom stereocenters. The van der Waals surface area contributed by atoms with Crippen LogP contribution in [0.4, 0.5) is 0 Å². The van der Waals surface area contributed by atoms with Gasteiger partial charge in [-0.15, -0.1) is 0 Å². The minimum absolute atomic E-state index is 0.0278. The van der Waals surface area contributed by atoms with E-state index in [1.807, 2.05) is 17.0 Å². The van der Waals surface area contributed by atoms with Crippen molar-refractivity contribution in [3.8, 4) is 5.75 Å². The Morgan fingerprint density at radius 2 is 2.23 bits per heavy atom. The van der Waals surface area contributed by atoms with E-state index < -0.39 is 0 Å². The summed E-state index contributed by atoms with van der Waals surface area (Å²) in [5, 5.41) is 3.33. The lowest BCUT2D eigenvalue weighted by Gasteiger charge is -2.43. The maximum atomic E-state index is 12.7. The van der Waals surface area contributed by atoms with Crippen molar-refractivity contribution in [3.63, 3.8) is 0 Å². The summed E-state index contributed by atoms with van der Waals surface area (Å²) in [6.45, 7) is 7.53. The van der Waals surface area contributed by atoms with Gasteiger partial charge in [-0.1, -0.05) is 19.1 Å². The molecule has 2 saturated heterocycles. The first kappa shape index (κ1) is 15.3. The maximum absolute atomic E-state index is 12.7. The number of benzene rings is 1. The quantitative estimate of drug-likeness (QED) is 0.898. The van der Waals surface area contributed by atoms with Crippen molar-refractivity contribution in [3.05, 3.63) is 29.8 Å². The van der Waals surface area contributed by atoms with Gasteiger partial charge in [-0.25, -0.2) is 0 Å². The van der Waals surface area contributed by atoms with Gasteiger partial charge in [-0.2, -0.15) is 0 Å². The van der Waals surface area contributed by atoms with Gasteiger partial charge in [0.25, 0.3) is 0 Å². The summed E-state index contributed by atoms with van der Waals surface area (Å²) in [6.07, 6.45) is 0. The van der Waals surface area contributed by atoms with Crippen molar-refractivity contribution >= 4 is 5.91 Å². The minimum Gasteiger partial charge on any atom is -0.497 e. The standard InChI is InChI=1S/C17H25N3O2/c1-13(14-4-3-5-15(10-14)22-2)12-20-9-8-19-7-6-18-11-16(19)17(20)21/h3-5,10,13,16,18H,6-9,11-12H2,1-2H3/t13?,16-/m1/s1. The average molecular weight is 303 g/mol. The van der Waals surface area contributed by atoms with Gasteiger partial charge in [0.05, 0.1) is 7.11 Å². The molecule has 2 heterocycles. The first-order valence-corrected chi connectivity index (χ1v) is 8.06. The molecule has 2 aliphatic heterocycles. The molecule has 5 heteroatoms. The number of nitrogens with one attached hydrogen (secondary N) is 1. The second-order valence-electron chi connectivity index (χ2n) is 6.22. The number of amides is 1. The zero-order valence-corrected chi connectivity index (χ0v) is 13.4. The fourth-order valence-corrected chi connectivity index (χ4v) is 3.39. The van der Waals surface area contributed by atoms with Crippen LogP contribution in [0.5, 0.6) is 5.75 Å². The molecular formula is C17H25N3O2. The Bertz CT molecular complexity index is 534. The summed E-state index contributed by atoms with van der Waals surface area (Å²) in [5.41, 5.74) is 1.22. The number of piperazine rings is 2. The van der Waals surface area contributed by atoms with Crippen molar-refractivity contribution in [1.29, 1.82) is 0 Å². The highest BCUT2D eigenvalue weighted by molar-refractivity contribution is 5.83. The predicted molar refractivity (Wildman–Crippen MR) is 86.2 cm³/mol. The van der Waals surface area contributed by atoms with Crippen LogP contribution in [0.15, 0.2) is 24.3 Å². The molecule has 1 aromatic rings. The Hall–Kier alpha value is -1.59. The molecule has 2 aliphatic rings. The normalized spacial score (nSPS) is 24.0. The molecule has 0 spiro atoms. The number of fused-ring (bicyclic) bond motifs is 1. The predicted octanol–water partition coefficient (Wildman–Crippen LogP) is 0.915. The highest BCUT2D eigenvalue weighted by Gasteiger charge is 2.36. The number of hydrogen-bond donors (Lipinski definition) is 1. The second kappa shape index (κ2) is 6.67. The SMILES string of the molecule is COc1cccc(C(C)CN2CCN3CCNC[C@@H]3C2=O)c1. The molecule has 0 radical (unpaired) electrons. The third kappa shape index (κ3) is 3.10. The van der Waals surface area contributed by atoms with Crippen LogP contribution in [0.25, 0.3) is 0 Å². The molecule has 0 saturated carbocycles. The lowest BCUT2D eigenvalue weighted by atomic mass is 9.99. The Morgan fingerprint density at radius 3 is 3.05 bits per heavy atom. The van der Waals surface area contributed by atoms with Crippen molar-refractivity contribution in [1.82, 2.24) is 15.1 Å². The van der Waals surface area contributed by atoms with Crippen LogP contribution < -0.4 is 10.1 Å². The molecule has 1 aromatic carbocycles. The maximum Gasteiger partial charge on any atom is 0.241 e. The van der Waals surface area contributed by atoms with E-state index in [1.54, 1.807) is 7.11 Å². The molecule has 3 rings (SSSR count). The number of carbonyl (C=O) groups excluding carboxylic acids is 1. The van der Waals surface area contributed by atoms with Gasteiger partial charge in [0.1, 0.15) is 11.8 Å². The number of hydrogen-bond acceptors (Lipinski definition) is 4. The molecule has 2 fully saturated rings. The van der Waals surface area contributed by atoms with Crippen LogP contribution in [0.2, 0.25) is 0 Å². The third-order valence-corrected chi connectivity index (χ3v) is 4.77. The van der Waals surface area contributed by atoms with Gasteiger partial charge < -0.3 is 15.0 Å². The van der Waals surface area contributed by atoms with Gasteiger partial charge in [-0.05, 0) is 23.6 Å². The van der Waals surface area contributed by atoms with Crippen molar-refractivity contribution < 1.29 is 9.53 Å². The van der Waals surface area contributed by atoms with Gasteiger partial charge >= 0.3 is 0 Å². The number of methoxy groups -OCH3 is 1. The fourth-order valence-electron chi connectivity index (χ4n) is 3.39. The largest absolute Gasteiger partial charge is 0.497 e. The molecule has 1 amide bonds. The van der Waals surface area contributed by atoms with E-state index in [1.165, 1.54) is 5.56 Å². The van der Waals surface area contributed by atoms with Crippen LogP contribution in [0, 0.1) is 0 Å². The topological polar surface area (TPSA) is 44.8 Å². The molecule has 0 aromatic heterocycles. The molecule has 5 nitrogen and oxygen atoms in total. The molecule has 22 heavy (non-hydrogen) atoms. The fraction of sp³-hybridized carbons (Fsp3) is 0.588. The van der Waals surface area contributed by atoms with Crippen LogP contribution in [0.3, 0.4) is 0 Å². The summed E-state index contributed by atoms with van der Waals surface area (Å²) in [5.74, 6) is 1.45. The summed E-state index contributed by atoms with van der Waals surface area (Å²) in [4.78, 5) is 17.0. The first-order valence-electron chi connectivity index (χ1n) is 8.06. The summed E-state index contributed by atoms with van der Waals surface area (Å²) in [7, 11) is 1.68. The molecule has 120 valence electrons. The van der Waals surface area contributed by atoms with E-state index in [0.717, 1.165) is 45.0 Å². The molecule has 0 aliphatic carbocycles. The second-order valence-corrected chi connectivity index (χ2v) is 6.22. The van der Waals surface area contributed by atoms with Crippen LogP contribution in [-0.2, 0) is 4.79 Å². The highest BCUT2D eigenvalue weighted by Crippen LogP contribution is 2.23. The van der Waals surface area contributed by atoms with E-state index >= 15 is 0 Å². The molecule has 2 atom stereocenters. The Kier molecular flexibility index (Phi) is 4.64. The number of ether oxygens (including phenoxy) is 1. The van der Waals surface area contributed by atoms with Gasteiger partial charge in [0.15, 0.2) is 0 Å². The zero-order chi connectivity index (χ0) is 15.5. The summed E-state index contributed by atoms with van der Waals surface area (Å²) >= 11 is 0. The number of carbonyl (C=O) groups is 1. The Balaban J connectivity index is 1.65. The van der Waals surface area contributed by atoms with Gasteiger partial charge in [-0.3, -0.25) is 9.69 Å². The highest BCUT2D eigenvalue weighted by atomic mass is 16.5. The molecule has 1 N–H and O–H groups in total. The first-order chi connectivity index (χ1) is 10.7. The number of rotatable bonds is 4. The van der Waals surface area contributed by atoms with Gasteiger partial charge in [0.2, 0.25) is 5.91 Å². The van der Waals surface area contributed by atoms with Crippen LogP contribution >= 0.6 is 0 Å². The lowest BCUT2D eigenvalue weighted by Crippen LogP contribution is -2.64. The summed E-state index contributed by atoms with van der Waals surface area (Å²) < 4.78 is 5.29. The van der Waals surface area contributed by atoms with E-state index in [4.69, 9.17) is 4.74 Å². The summed E-state index contributed by atoms with van der Waals surface area (Å²) in [6, 6.07) is 8.16. The molecule has 0 bridgehead atoms. The monoisotopic (exact) mass is 303 g/mol. The van der Waals surface area contributed by atoms with E-state index in [0.29, 0.717) is 5.92 Å². The van der Waals surface area contributed by atoms with Crippen molar-refractivity contribution in [2.24, 2.45) is 0 Å². The average Bonchev–Trinajstić information content (AvgIpc) is 2.57. The smallest absolute Gasteiger partial charge is 0.241 e. The zero-order valence-electron chi connectivity index (χ0n) is 13.4. The van der Waals surface area contributed by atoms with E-state index in [-0.39, 0.29) is 11.9 Å². The van der Waals surface area contributed by atoms with E-state index in [9.17, 15) is 4.79 Å². The van der Waals surface area contributed by atoms with Crippen LogP contribution in [0.1, 0.15) is 18.4 Å². The molecular weight excluding hydrogens is 278 g/mol. The minimum atomic E-state index is 0.0278. The van der Waals surface area contributed by atoms with Gasteiger partial charge in [0, 0.05) is 39.3 Å². The third-order valence-electron chi connectivity index (χ3n) is 4.77. The Labute approximate surface area is 132 Å². The van der Waals surface area contributed by atoms with Crippen molar-refractivity contribution in [2.75, 3.05) is 46.4 Å². The Morgan fingerprint density at radius 1 is 1.36 bits per heavy atom. The number of nitrogens with zero attached hydrogens (tertiary/aromatic N) is 2. The van der Waals surface area contributed by atoms with Crippen LogP contribution in [-0.4, -0.2) is 68.1 Å². The lowest BCUT2D eigenvalue weighted by molar-refractivity contribution is -0.142. The van der Waals surface area contributed by atoms with Crippen molar-refractivity contribution in [2.45, 2.75) is 18.9 Å². The van der Waals surface area contributed by atoms with E-state index in [2.05, 4.69) is 29.3 Å².